The molecule has 0 amide bonds. The molecule has 104 valence electrons. The molecule has 2 aromatic rings. The van der Waals surface area contributed by atoms with Gasteiger partial charge in [0.15, 0.2) is 0 Å². The van der Waals surface area contributed by atoms with Crippen molar-refractivity contribution < 1.29 is 14.3 Å². The SMILES string of the molecule is O=C(O)c1c(F)cccc1N(Cc1cccs1)C1CC1. The van der Waals surface area contributed by atoms with Crippen LogP contribution in [0.3, 0.4) is 0 Å². The molecule has 1 aromatic heterocycles. The molecule has 1 aliphatic carbocycles. The van der Waals surface area contributed by atoms with Crippen LogP contribution in [0.2, 0.25) is 0 Å². The van der Waals surface area contributed by atoms with Gasteiger partial charge in [0.05, 0.1) is 12.2 Å². The van der Waals surface area contributed by atoms with Gasteiger partial charge in [-0.3, -0.25) is 0 Å². The number of carbonyl (C=O) groups is 1. The lowest BCUT2D eigenvalue weighted by atomic mass is 10.1. The van der Waals surface area contributed by atoms with E-state index in [9.17, 15) is 14.3 Å². The van der Waals surface area contributed by atoms with E-state index in [0.29, 0.717) is 18.3 Å². The third-order valence-electron chi connectivity index (χ3n) is 3.41. The first-order chi connectivity index (χ1) is 9.66. The summed E-state index contributed by atoms with van der Waals surface area (Å²) in [4.78, 5) is 14.5. The van der Waals surface area contributed by atoms with Crippen LogP contribution in [-0.4, -0.2) is 17.1 Å². The largest absolute Gasteiger partial charge is 0.478 e. The van der Waals surface area contributed by atoms with Crippen LogP contribution in [0.15, 0.2) is 35.7 Å². The fraction of sp³-hybridized carbons (Fsp3) is 0.267. The Morgan fingerprint density at radius 3 is 2.75 bits per heavy atom. The number of hydrogen-bond donors (Lipinski definition) is 1. The predicted molar refractivity (Wildman–Crippen MR) is 76.9 cm³/mol. The van der Waals surface area contributed by atoms with Gasteiger partial charge in [0, 0.05) is 10.9 Å². The molecule has 1 aliphatic rings. The second-order valence-electron chi connectivity index (χ2n) is 4.88. The van der Waals surface area contributed by atoms with Crippen LogP contribution < -0.4 is 4.90 Å². The van der Waals surface area contributed by atoms with Gasteiger partial charge in [-0.25, -0.2) is 9.18 Å². The normalized spacial score (nSPS) is 14.2. The number of benzene rings is 1. The van der Waals surface area contributed by atoms with E-state index < -0.39 is 11.8 Å². The highest BCUT2D eigenvalue weighted by atomic mass is 32.1. The minimum Gasteiger partial charge on any atom is -0.478 e. The molecular formula is C15H14FNO2S. The molecule has 0 spiro atoms. The summed E-state index contributed by atoms with van der Waals surface area (Å²) in [6.07, 6.45) is 2.06. The van der Waals surface area contributed by atoms with Crippen LogP contribution in [0, 0.1) is 5.82 Å². The molecule has 3 rings (SSSR count). The Kier molecular flexibility index (Phi) is 3.44. The van der Waals surface area contributed by atoms with Gasteiger partial charge in [0.2, 0.25) is 0 Å². The van der Waals surface area contributed by atoms with E-state index >= 15 is 0 Å². The molecule has 0 atom stereocenters. The third-order valence-corrected chi connectivity index (χ3v) is 4.27. The first-order valence-electron chi connectivity index (χ1n) is 6.47. The van der Waals surface area contributed by atoms with Gasteiger partial charge in [0.1, 0.15) is 11.4 Å². The molecule has 1 saturated carbocycles. The highest BCUT2D eigenvalue weighted by Gasteiger charge is 2.32. The molecule has 1 heterocycles. The quantitative estimate of drug-likeness (QED) is 0.912. The maximum absolute atomic E-state index is 13.8. The van der Waals surface area contributed by atoms with Crippen molar-refractivity contribution in [2.45, 2.75) is 25.4 Å². The Balaban J connectivity index is 1.99. The summed E-state index contributed by atoms with van der Waals surface area (Å²) < 4.78 is 13.8. The summed E-state index contributed by atoms with van der Waals surface area (Å²) in [5.74, 6) is -1.89. The Morgan fingerprint density at radius 1 is 1.35 bits per heavy atom. The summed E-state index contributed by atoms with van der Waals surface area (Å²) in [5, 5.41) is 11.2. The van der Waals surface area contributed by atoms with Crippen molar-refractivity contribution in [3.63, 3.8) is 0 Å². The van der Waals surface area contributed by atoms with E-state index in [1.54, 1.807) is 23.5 Å². The average molecular weight is 291 g/mol. The highest BCUT2D eigenvalue weighted by molar-refractivity contribution is 7.09. The molecule has 1 N–H and O–H groups in total. The molecule has 5 heteroatoms. The molecule has 0 aliphatic heterocycles. The summed E-state index contributed by atoms with van der Waals surface area (Å²) in [7, 11) is 0. The van der Waals surface area contributed by atoms with Crippen molar-refractivity contribution in [3.05, 3.63) is 52.0 Å². The van der Waals surface area contributed by atoms with E-state index in [2.05, 4.69) is 0 Å². The highest BCUT2D eigenvalue weighted by Crippen LogP contribution is 2.36. The second-order valence-corrected chi connectivity index (χ2v) is 5.91. The lowest BCUT2D eigenvalue weighted by Crippen LogP contribution is -2.27. The summed E-state index contributed by atoms with van der Waals surface area (Å²) >= 11 is 1.63. The Labute approximate surface area is 120 Å². The molecule has 0 saturated heterocycles. The first-order valence-corrected chi connectivity index (χ1v) is 7.35. The van der Waals surface area contributed by atoms with Gasteiger partial charge in [0.25, 0.3) is 0 Å². The summed E-state index contributed by atoms with van der Waals surface area (Å²) in [5.41, 5.74) is 0.254. The minimum absolute atomic E-state index is 0.226. The maximum Gasteiger partial charge on any atom is 0.340 e. The monoisotopic (exact) mass is 291 g/mol. The predicted octanol–water partition coefficient (Wildman–Crippen LogP) is 3.75. The van der Waals surface area contributed by atoms with Gasteiger partial charge in [-0.1, -0.05) is 12.1 Å². The zero-order valence-corrected chi connectivity index (χ0v) is 11.6. The summed E-state index contributed by atoms with van der Waals surface area (Å²) in [6, 6.07) is 8.76. The molecule has 0 radical (unpaired) electrons. The number of anilines is 1. The number of nitrogens with zero attached hydrogens (tertiary/aromatic N) is 1. The van der Waals surface area contributed by atoms with E-state index in [1.807, 2.05) is 22.4 Å². The standard InChI is InChI=1S/C15H14FNO2S/c16-12-4-1-5-13(14(12)15(18)19)17(10-6-7-10)9-11-3-2-8-20-11/h1-5,8,10H,6-7,9H2,(H,18,19). The van der Waals surface area contributed by atoms with Crippen molar-refractivity contribution in [2.75, 3.05) is 4.90 Å². The lowest BCUT2D eigenvalue weighted by molar-refractivity contribution is 0.0692. The van der Waals surface area contributed by atoms with Crippen molar-refractivity contribution in [3.8, 4) is 0 Å². The van der Waals surface area contributed by atoms with Gasteiger partial charge in [-0.05, 0) is 36.4 Å². The topological polar surface area (TPSA) is 40.5 Å². The molecular weight excluding hydrogens is 277 g/mol. The average Bonchev–Trinajstić information content (AvgIpc) is 3.12. The Bertz CT molecular complexity index is 623. The third kappa shape index (κ3) is 2.54. The van der Waals surface area contributed by atoms with E-state index in [1.165, 1.54) is 6.07 Å². The number of carboxylic acid groups (broad SMARTS) is 1. The summed E-state index contributed by atoms with van der Waals surface area (Å²) in [6.45, 7) is 0.631. The van der Waals surface area contributed by atoms with Gasteiger partial charge < -0.3 is 10.0 Å². The van der Waals surface area contributed by atoms with Crippen molar-refractivity contribution in [2.24, 2.45) is 0 Å². The molecule has 1 aromatic carbocycles. The maximum atomic E-state index is 13.8. The number of aromatic carboxylic acids is 1. The number of hydrogen-bond acceptors (Lipinski definition) is 3. The van der Waals surface area contributed by atoms with Crippen LogP contribution in [0.25, 0.3) is 0 Å². The van der Waals surface area contributed by atoms with Crippen LogP contribution >= 0.6 is 11.3 Å². The Hall–Kier alpha value is -1.88. The van der Waals surface area contributed by atoms with Crippen LogP contribution in [0.4, 0.5) is 10.1 Å². The molecule has 3 nitrogen and oxygen atoms in total. The van der Waals surface area contributed by atoms with Crippen LogP contribution in [0.5, 0.6) is 0 Å². The number of carboxylic acids is 1. The van der Waals surface area contributed by atoms with E-state index in [0.717, 1.165) is 17.7 Å². The van der Waals surface area contributed by atoms with Crippen LogP contribution in [-0.2, 0) is 6.54 Å². The molecule has 0 bridgehead atoms. The van der Waals surface area contributed by atoms with Crippen molar-refractivity contribution in [1.29, 1.82) is 0 Å². The molecule has 1 fully saturated rings. The minimum atomic E-state index is -1.21. The fourth-order valence-electron chi connectivity index (χ4n) is 2.33. The number of halogens is 1. The van der Waals surface area contributed by atoms with Crippen molar-refractivity contribution >= 4 is 23.0 Å². The van der Waals surface area contributed by atoms with Gasteiger partial charge >= 0.3 is 5.97 Å². The van der Waals surface area contributed by atoms with Crippen molar-refractivity contribution in [1.82, 2.24) is 0 Å². The molecule has 20 heavy (non-hydrogen) atoms. The zero-order valence-electron chi connectivity index (χ0n) is 10.8. The smallest absolute Gasteiger partial charge is 0.340 e. The fourth-order valence-corrected chi connectivity index (χ4v) is 3.03. The first kappa shape index (κ1) is 13.1. The number of rotatable bonds is 5. The van der Waals surface area contributed by atoms with E-state index in [-0.39, 0.29) is 5.56 Å². The molecule has 0 unspecified atom stereocenters. The second kappa shape index (κ2) is 5.25. The van der Waals surface area contributed by atoms with Gasteiger partial charge in [-0.2, -0.15) is 0 Å². The van der Waals surface area contributed by atoms with Crippen LogP contribution in [0.1, 0.15) is 28.1 Å². The zero-order chi connectivity index (χ0) is 14.1. The van der Waals surface area contributed by atoms with E-state index in [4.69, 9.17) is 0 Å². The van der Waals surface area contributed by atoms with Gasteiger partial charge in [-0.15, -0.1) is 11.3 Å². The number of thiophene rings is 1. The lowest BCUT2D eigenvalue weighted by Gasteiger charge is -2.25. The Morgan fingerprint density at radius 2 is 2.15 bits per heavy atom.